The minimum Gasteiger partial charge on any atom is -0.477 e. The summed E-state index contributed by atoms with van der Waals surface area (Å²) in [6.07, 6.45) is -32.2. The van der Waals surface area contributed by atoms with E-state index in [1.54, 1.807) is 0 Å². The smallest absolute Gasteiger partial charge is 0.364 e. The Balaban J connectivity index is 1.69. The molecule has 14 N–H and O–H groups in total. The van der Waals surface area contributed by atoms with Crippen LogP contribution in [0.3, 0.4) is 0 Å². The first-order chi connectivity index (χ1) is 27.1. The van der Waals surface area contributed by atoms with Crippen molar-refractivity contribution in [3.63, 3.8) is 0 Å². The first-order valence-electron chi connectivity index (χ1n) is 17.4. The molecule has 0 bridgehead atoms. The van der Waals surface area contributed by atoms with E-state index in [1.165, 1.54) is 0 Å². The van der Waals surface area contributed by atoms with Crippen LogP contribution in [0.15, 0.2) is 24.3 Å². The number of nitrogens with zero attached hydrogens (tertiary/aromatic N) is 1. The van der Waals surface area contributed by atoms with Gasteiger partial charge in [0.15, 0.2) is 0 Å². The second-order valence-corrected chi connectivity index (χ2v) is 13.8. The van der Waals surface area contributed by atoms with Crippen LogP contribution in [0.25, 0.3) is 0 Å². The number of non-ortho nitro benzene ring substituents is 1. The van der Waals surface area contributed by atoms with E-state index in [1.807, 2.05) is 0 Å². The van der Waals surface area contributed by atoms with Gasteiger partial charge in [0.05, 0.1) is 43.0 Å². The van der Waals surface area contributed by atoms with Gasteiger partial charge in [-0.1, -0.05) is 0 Å². The van der Waals surface area contributed by atoms with Gasteiger partial charge in [-0.15, -0.1) is 0 Å². The largest absolute Gasteiger partial charge is 0.477 e. The fourth-order valence-corrected chi connectivity index (χ4v) is 6.70. The van der Waals surface area contributed by atoms with Crippen LogP contribution in [-0.4, -0.2) is 212 Å². The summed E-state index contributed by atoms with van der Waals surface area (Å²) in [6.45, 7) is -2.58. The Kier molecular flexibility index (Phi) is 15.4. The number of amides is 1. The van der Waals surface area contributed by atoms with Crippen molar-refractivity contribution < 1.29 is 114 Å². The molecule has 3 saturated heterocycles. The maximum atomic E-state index is 13.0. The Bertz CT molecular complexity index is 1590. The number of carboxylic acids is 2. The molecule has 3 aliphatic heterocycles. The van der Waals surface area contributed by atoms with E-state index < -0.39 is 159 Å². The number of carbonyl (C=O) groups is 3. The third kappa shape index (κ3) is 9.79. The van der Waals surface area contributed by atoms with Crippen molar-refractivity contribution in [1.29, 1.82) is 0 Å². The van der Waals surface area contributed by atoms with Crippen LogP contribution in [0.1, 0.15) is 19.8 Å². The topological polar surface area (TPSA) is 425 Å². The highest BCUT2D eigenvalue weighted by atomic mass is 16.8. The molecular formula is C32H46N2O24. The van der Waals surface area contributed by atoms with Gasteiger partial charge in [0.2, 0.25) is 12.2 Å². The van der Waals surface area contributed by atoms with Crippen molar-refractivity contribution in [2.24, 2.45) is 0 Å². The summed E-state index contributed by atoms with van der Waals surface area (Å²) in [5.74, 6) is -11.7. The van der Waals surface area contributed by atoms with Crippen LogP contribution in [0, 0.1) is 10.1 Å². The lowest BCUT2D eigenvalue weighted by atomic mass is 9.87. The zero-order valence-electron chi connectivity index (χ0n) is 30.3. The van der Waals surface area contributed by atoms with Gasteiger partial charge in [-0.25, -0.2) is 9.59 Å². The predicted octanol–water partition coefficient (Wildman–Crippen LogP) is -7.02. The van der Waals surface area contributed by atoms with Gasteiger partial charge in [0, 0.05) is 31.9 Å². The number of hydrogen-bond acceptors (Lipinski definition) is 22. The third-order valence-corrected chi connectivity index (χ3v) is 9.73. The average Bonchev–Trinajstić information content (AvgIpc) is 3.17. The molecule has 0 radical (unpaired) electrons. The summed E-state index contributed by atoms with van der Waals surface area (Å²) >= 11 is 0. The van der Waals surface area contributed by atoms with E-state index in [0.717, 1.165) is 31.2 Å². The average molecular weight is 843 g/mol. The molecule has 26 heteroatoms. The van der Waals surface area contributed by atoms with Crippen LogP contribution in [0.2, 0.25) is 0 Å². The van der Waals surface area contributed by atoms with Gasteiger partial charge in [-0.3, -0.25) is 14.9 Å². The van der Waals surface area contributed by atoms with Crippen LogP contribution < -0.4 is 10.1 Å². The predicted molar refractivity (Wildman–Crippen MR) is 179 cm³/mol. The van der Waals surface area contributed by atoms with Gasteiger partial charge in [0.1, 0.15) is 72.9 Å². The Morgan fingerprint density at radius 2 is 1.45 bits per heavy atom. The summed E-state index contributed by atoms with van der Waals surface area (Å²) < 4.78 is 33.1. The summed E-state index contributed by atoms with van der Waals surface area (Å²) in [6, 6.07) is 2.44. The number of nitro groups is 1. The summed E-state index contributed by atoms with van der Waals surface area (Å²) in [5.41, 5.74) is -0.344. The molecule has 0 saturated carbocycles. The van der Waals surface area contributed by atoms with Crippen molar-refractivity contribution in [3.8, 4) is 5.75 Å². The number of ether oxygens (including phenoxy) is 6. The summed E-state index contributed by atoms with van der Waals surface area (Å²) in [4.78, 5) is 48.2. The molecule has 58 heavy (non-hydrogen) atoms. The third-order valence-electron chi connectivity index (χ3n) is 9.73. The zero-order chi connectivity index (χ0) is 43.4. The van der Waals surface area contributed by atoms with Crippen LogP contribution >= 0.6 is 0 Å². The number of nitrogens with one attached hydrogen (secondary N) is 1. The quantitative estimate of drug-likeness (QED) is 0.0512. The molecule has 1 aromatic carbocycles. The lowest BCUT2D eigenvalue weighted by Crippen LogP contribution is -2.71. The van der Waals surface area contributed by atoms with Crippen molar-refractivity contribution >= 4 is 23.5 Å². The molecule has 26 nitrogen and oxygen atoms in total. The Morgan fingerprint density at radius 1 is 0.862 bits per heavy atom. The second-order valence-electron chi connectivity index (χ2n) is 13.8. The molecule has 328 valence electrons. The standard InChI is InChI=1S/C32H46N2O24/c1-11(38)33-19-14(39)6-32(30(49)50,58-27-22(44)17(9-36)54-28(24(27)46)53-13-4-2-12(3-5-13)34(51)52)56-25(19)23(45)18(10-37)55-31(29(47)48)7-15(40)20(42)26(57-31)21(43)16(41)8-35/h2-5,14-28,35-37,39-46H,6-10H2,1H3,(H,33,38)(H,47,48)(H,49,50)/t14-,15-,16?,17+,18?,19+,20+,21?,22-,23?,24+,25+,26+,27-,28+,31+,32-/m0/s1. The van der Waals surface area contributed by atoms with Crippen molar-refractivity contribution in [3.05, 3.63) is 34.4 Å². The Labute approximate surface area is 326 Å². The number of carboxylic acid groups (broad SMARTS) is 2. The molecule has 1 aromatic rings. The molecule has 0 spiro atoms. The fourth-order valence-electron chi connectivity index (χ4n) is 6.70. The molecule has 4 unspecified atom stereocenters. The van der Waals surface area contributed by atoms with Gasteiger partial charge in [-0.2, -0.15) is 0 Å². The Hall–Kier alpha value is -3.81. The number of carbonyl (C=O) groups excluding carboxylic acids is 1. The van der Waals surface area contributed by atoms with Gasteiger partial charge in [0.25, 0.3) is 17.3 Å². The van der Waals surface area contributed by atoms with E-state index in [0.29, 0.717) is 0 Å². The normalized spacial score (nSPS) is 37.5. The highest BCUT2D eigenvalue weighted by Crippen LogP contribution is 2.40. The minimum absolute atomic E-state index is 0.149. The van der Waals surface area contributed by atoms with Crippen molar-refractivity contribution in [2.75, 3.05) is 19.8 Å². The molecular weight excluding hydrogens is 796 g/mol. The zero-order valence-corrected chi connectivity index (χ0v) is 30.3. The van der Waals surface area contributed by atoms with Crippen LogP contribution in [0.4, 0.5) is 5.69 Å². The lowest BCUT2D eigenvalue weighted by Gasteiger charge is -2.50. The second kappa shape index (κ2) is 19.1. The summed E-state index contributed by atoms with van der Waals surface area (Å²) in [5, 5.41) is 150. The van der Waals surface area contributed by atoms with Gasteiger partial charge in [-0.05, 0) is 12.1 Å². The van der Waals surface area contributed by atoms with E-state index in [2.05, 4.69) is 5.32 Å². The van der Waals surface area contributed by atoms with E-state index in [-0.39, 0.29) is 11.4 Å². The monoisotopic (exact) mass is 842 g/mol. The number of rotatable bonds is 17. The SMILES string of the molecule is CC(=O)N[C@@H]1[C@@H](O)C[C@](O[C@H]2[C@@H](O)[C@@H](CO)O[C@@H](Oc3ccc([N+](=O)[O-])cc3)[C@@H]2O)(C(=O)O)O[C@H]1C(O)C(CO)O[C@]1(C(=O)O)C[C@H](O)[C@@H](O)[C@H](C(O)C(O)CO)O1. The van der Waals surface area contributed by atoms with Crippen LogP contribution in [-0.2, 0) is 38.1 Å². The molecule has 1 amide bonds. The minimum atomic E-state index is -3.23. The van der Waals surface area contributed by atoms with Crippen LogP contribution in [0.5, 0.6) is 5.75 Å². The first-order valence-corrected chi connectivity index (χ1v) is 17.4. The number of aliphatic carboxylic acids is 2. The number of benzene rings is 1. The molecule has 3 aliphatic rings. The molecule has 4 rings (SSSR count). The number of aliphatic hydroxyl groups is 11. The molecule has 3 heterocycles. The number of nitro benzene ring substituents is 1. The maximum absolute atomic E-state index is 13.0. The van der Waals surface area contributed by atoms with E-state index >= 15 is 0 Å². The Morgan fingerprint density at radius 3 is 1.97 bits per heavy atom. The van der Waals surface area contributed by atoms with Gasteiger partial charge < -0.3 is 100 Å². The highest BCUT2D eigenvalue weighted by Gasteiger charge is 2.61. The fraction of sp³-hybridized carbons (Fsp3) is 0.719. The van der Waals surface area contributed by atoms with Crippen molar-refractivity contribution in [2.45, 2.75) is 123 Å². The lowest BCUT2D eigenvalue weighted by molar-refractivity contribution is -0.384. The van der Waals surface area contributed by atoms with E-state index in [4.69, 9.17) is 28.4 Å². The van der Waals surface area contributed by atoms with Gasteiger partial charge >= 0.3 is 11.9 Å². The first kappa shape index (κ1) is 46.9. The molecule has 3 fully saturated rings. The summed E-state index contributed by atoms with van der Waals surface area (Å²) in [7, 11) is 0. The molecule has 17 atom stereocenters. The highest BCUT2D eigenvalue weighted by molar-refractivity contribution is 5.77. The maximum Gasteiger partial charge on any atom is 0.364 e. The number of aliphatic hydroxyl groups excluding tert-OH is 11. The molecule has 0 aliphatic carbocycles. The molecule has 0 aromatic heterocycles. The number of hydrogen-bond donors (Lipinski definition) is 14. The van der Waals surface area contributed by atoms with E-state index in [9.17, 15) is 90.9 Å². The van der Waals surface area contributed by atoms with Crippen molar-refractivity contribution in [1.82, 2.24) is 5.32 Å².